The minimum absolute atomic E-state index is 0.0401. The van der Waals surface area contributed by atoms with E-state index < -0.39 is 11.8 Å². The highest BCUT2D eigenvalue weighted by molar-refractivity contribution is 6.39. The van der Waals surface area contributed by atoms with Crippen LogP contribution < -0.4 is 5.32 Å². The lowest BCUT2D eigenvalue weighted by molar-refractivity contribution is -0.143. The van der Waals surface area contributed by atoms with Gasteiger partial charge in [-0.3, -0.25) is 9.59 Å². The monoisotopic (exact) mass is 340 g/mol. The highest BCUT2D eigenvalue weighted by Crippen LogP contribution is 2.21. The molecule has 2 aromatic rings. The van der Waals surface area contributed by atoms with Gasteiger partial charge in [0, 0.05) is 31.2 Å². The van der Waals surface area contributed by atoms with Crippen LogP contribution in [-0.4, -0.2) is 38.9 Å². The van der Waals surface area contributed by atoms with Gasteiger partial charge in [0.15, 0.2) is 0 Å². The number of hydrogen-bond acceptors (Lipinski definition) is 3. The van der Waals surface area contributed by atoms with Crippen LogP contribution in [0.3, 0.4) is 0 Å². The maximum Gasteiger partial charge on any atom is 0.313 e. The summed E-state index contributed by atoms with van der Waals surface area (Å²) in [5.41, 5.74) is 1.79. The van der Waals surface area contributed by atoms with E-state index in [4.69, 9.17) is 0 Å². The third kappa shape index (κ3) is 4.07. The predicted octanol–water partition coefficient (Wildman–Crippen LogP) is 2.47. The van der Waals surface area contributed by atoms with Gasteiger partial charge in [-0.25, -0.2) is 4.98 Å². The second kappa shape index (κ2) is 7.96. The Morgan fingerprint density at radius 2 is 2.16 bits per heavy atom. The number of rotatable bonds is 5. The number of anilines is 1. The largest absolute Gasteiger partial charge is 0.335 e. The first-order valence-electron chi connectivity index (χ1n) is 8.84. The summed E-state index contributed by atoms with van der Waals surface area (Å²) in [6.07, 6.45) is 9.02. The number of hydrogen-bond donors (Lipinski definition) is 1. The number of aryl methyl sites for hydroxylation is 1. The average Bonchev–Trinajstić information content (AvgIpc) is 3.28. The molecule has 0 spiro atoms. The van der Waals surface area contributed by atoms with Crippen LogP contribution in [0.25, 0.3) is 0 Å². The molecule has 1 saturated heterocycles. The van der Waals surface area contributed by atoms with Crippen LogP contribution in [-0.2, 0) is 22.6 Å². The molecule has 6 heteroatoms. The summed E-state index contributed by atoms with van der Waals surface area (Å²) >= 11 is 0. The lowest BCUT2D eigenvalue weighted by Gasteiger charge is -2.24. The van der Waals surface area contributed by atoms with E-state index in [0.717, 1.165) is 36.9 Å². The van der Waals surface area contributed by atoms with Crippen LogP contribution in [0.2, 0.25) is 0 Å². The molecule has 0 unspecified atom stereocenters. The summed E-state index contributed by atoms with van der Waals surface area (Å²) in [4.78, 5) is 30.9. The molecule has 2 heterocycles. The highest BCUT2D eigenvalue weighted by atomic mass is 16.2. The number of benzene rings is 1. The SMILES string of the molecule is CCCc1ccccc1NC(=O)C(=O)N1CCC[C@H]1Cn1ccnc1. The van der Waals surface area contributed by atoms with E-state index in [2.05, 4.69) is 17.2 Å². The molecule has 1 N–H and O–H groups in total. The molecular weight excluding hydrogens is 316 g/mol. The number of para-hydroxylation sites is 1. The van der Waals surface area contributed by atoms with E-state index in [-0.39, 0.29) is 6.04 Å². The molecule has 1 atom stereocenters. The normalized spacial score (nSPS) is 16.8. The standard InChI is InChI=1S/C19H24N4O2/c1-2-6-15-7-3-4-9-17(15)21-18(24)19(25)23-11-5-8-16(23)13-22-12-10-20-14-22/h3-4,7,9-10,12,14,16H,2,5-6,8,11,13H2,1H3,(H,21,24)/t16-/m0/s1. The minimum atomic E-state index is -0.555. The van der Waals surface area contributed by atoms with Crippen LogP contribution in [0.1, 0.15) is 31.7 Å². The number of aromatic nitrogens is 2. The van der Waals surface area contributed by atoms with Gasteiger partial charge in [0.25, 0.3) is 0 Å². The highest BCUT2D eigenvalue weighted by Gasteiger charge is 2.32. The van der Waals surface area contributed by atoms with Crippen molar-refractivity contribution in [1.82, 2.24) is 14.5 Å². The summed E-state index contributed by atoms with van der Waals surface area (Å²) in [5.74, 6) is -1.00. The van der Waals surface area contributed by atoms with Crippen LogP contribution >= 0.6 is 0 Å². The fourth-order valence-corrected chi connectivity index (χ4v) is 3.37. The minimum Gasteiger partial charge on any atom is -0.335 e. The quantitative estimate of drug-likeness (QED) is 0.850. The molecule has 2 amide bonds. The molecule has 0 aliphatic carbocycles. The van der Waals surface area contributed by atoms with Crippen molar-refractivity contribution >= 4 is 17.5 Å². The van der Waals surface area contributed by atoms with Gasteiger partial charge in [0.2, 0.25) is 0 Å². The molecule has 0 bridgehead atoms. The lowest BCUT2D eigenvalue weighted by atomic mass is 10.1. The molecule has 1 fully saturated rings. The number of likely N-dealkylation sites (tertiary alicyclic amines) is 1. The maximum atomic E-state index is 12.6. The maximum absolute atomic E-state index is 12.6. The fourth-order valence-electron chi connectivity index (χ4n) is 3.37. The molecule has 6 nitrogen and oxygen atoms in total. The van der Waals surface area contributed by atoms with Gasteiger partial charge >= 0.3 is 11.8 Å². The van der Waals surface area contributed by atoms with Crippen molar-refractivity contribution in [3.8, 4) is 0 Å². The summed E-state index contributed by atoms with van der Waals surface area (Å²) in [7, 11) is 0. The Morgan fingerprint density at radius 3 is 2.92 bits per heavy atom. The molecule has 25 heavy (non-hydrogen) atoms. The van der Waals surface area contributed by atoms with Gasteiger partial charge in [-0.05, 0) is 30.9 Å². The zero-order valence-electron chi connectivity index (χ0n) is 14.5. The third-order valence-corrected chi connectivity index (χ3v) is 4.60. The molecule has 1 aromatic carbocycles. The molecule has 0 radical (unpaired) electrons. The summed E-state index contributed by atoms with van der Waals surface area (Å²) in [6.45, 7) is 3.39. The van der Waals surface area contributed by atoms with Gasteiger partial charge < -0.3 is 14.8 Å². The molecule has 1 aromatic heterocycles. The summed E-state index contributed by atoms with van der Waals surface area (Å²) in [5, 5.41) is 2.80. The van der Waals surface area contributed by atoms with Crippen LogP contribution in [0.4, 0.5) is 5.69 Å². The second-order valence-corrected chi connectivity index (χ2v) is 6.42. The zero-order chi connectivity index (χ0) is 17.6. The van der Waals surface area contributed by atoms with E-state index >= 15 is 0 Å². The number of nitrogens with zero attached hydrogens (tertiary/aromatic N) is 3. The van der Waals surface area contributed by atoms with Crippen molar-refractivity contribution < 1.29 is 9.59 Å². The van der Waals surface area contributed by atoms with Gasteiger partial charge in [0.1, 0.15) is 0 Å². The molecule has 3 rings (SSSR count). The van der Waals surface area contributed by atoms with E-state index in [0.29, 0.717) is 13.1 Å². The van der Waals surface area contributed by atoms with Crippen LogP contribution in [0.5, 0.6) is 0 Å². The predicted molar refractivity (Wildman–Crippen MR) is 96.0 cm³/mol. The first kappa shape index (κ1) is 17.2. The van der Waals surface area contributed by atoms with Crippen molar-refractivity contribution in [2.24, 2.45) is 0 Å². The first-order valence-corrected chi connectivity index (χ1v) is 8.84. The number of imidazole rings is 1. The topological polar surface area (TPSA) is 67.2 Å². The second-order valence-electron chi connectivity index (χ2n) is 6.42. The summed E-state index contributed by atoms with van der Waals surface area (Å²) < 4.78 is 1.95. The fraction of sp³-hybridized carbons (Fsp3) is 0.421. The Morgan fingerprint density at radius 1 is 1.32 bits per heavy atom. The van der Waals surface area contributed by atoms with E-state index in [1.807, 2.05) is 35.0 Å². The van der Waals surface area contributed by atoms with Crippen LogP contribution in [0, 0.1) is 0 Å². The Balaban J connectivity index is 1.66. The van der Waals surface area contributed by atoms with Crippen molar-refractivity contribution in [1.29, 1.82) is 0 Å². The Labute approximate surface area is 147 Å². The van der Waals surface area contributed by atoms with Crippen LogP contribution in [0.15, 0.2) is 43.0 Å². The Bertz CT molecular complexity index is 727. The van der Waals surface area contributed by atoms with Crippen molar-refractivity contribution in [3.05, 3.63) is 48.5 Å². The van der Waals surface area contributed by atoms with Crippen molar-refractivity contribution in [2.45, 2.75) is 45.2 Å². The first-order chi connectivity index (χ1) is 12.2. The summed E-state index contributed by atoms with van der Waals surface area (Å²) in [6, 6.07) is 7.70. The van der Waals surface area contributed by atoms with Gasteiger partial charge in [-0.1, -0.05) is 31.5 Å². The van der Waals surface area contributed by atoms with Gasteiger partial charge in [-0.15, -0.1) is 0 Å². The van der Waals surface area contributed by atoms with E-state index in [9.17, 15) is 9.59 Å². The number of carbonyl (C=O) groups is 2. The van der Waals surface area contributed by atoms with Crippen molar-refractivity contribution in [3.63, 3.8) is 0 Å². The number of amides is 2. The third-order valence-electron chi connectivity index (χ3n) is 4.60. The Hall–Kier alpha value is -2.63. The number of carbonyl (C=O) groups excluding carboxylic acids is 2. The van der Waals surface area contributed by atoms with E-state index in [1.165, 1.54) is 0 Å². The van der Waals surface area contributed by atoms with Gasteiger partial charge in [0.05, 0.1) is 12.4 Å². The number of nitrogens with one attached hydrogen (secondary N) is 1. The lowest BCUT2D eigenvalue weighted by Crippen LogP contribution is -2.44. The molecule has 0 saturated carbocycles. The smallest absolute Gasteiger partial charge is 0.313 e. The van der Waals surface area contributed by atoms with Crippen molar-refractivity contribution in [2.75, 3.05) is 11.9 Å². The molecule has 132 valence electrons. The molecular formula is C19H24N4O2. The average molecular weight is 340 g/mol. The molecule has 1 aliphatic heterocycles. The van der Waals surface area contributed by atoms with E-state index in [1.54, 1.807) is 17.4 Å². The Kier molecular flexibility index (Phi) is 5.48. The molecule has 1 aliphatic rings. The van der Waals surface area contributed by atoms with Gasteiger partial charge in [-0.2, -0.15) is 0 Å². The zero-order valence-corrected chi connectivity index (χ0v) is 14.5.